The Bertz CT molecular complexity index is 307. The van der Waals surface area contributed by atoms with E-state index in [0.717, 1.165) is 25.7 Å². The number of Topliss-reactive ketones (excluding diaryl/α,β-unsaturated/α-hetero) is 1. The second-order valence-corrected chi connectivity index (χ2v) is 4.94. The maximum absolute atomic E-state index is 11.8. The van der Waals surface area contributed by atoms with Crippen LogP contribution in [0, 0.1) is 11.8 Å². The van der Waals surface area contributed by atoms with E-state index in [4.69, 9.17) is 4.74 Å². The Morgan fingerprint density at radius 3 is 2.94 bits per heavy atom. The molecule has 0 amide bonds. The smallest absolute Gasteiger partial charge is 0.306 e. The molecule has 18 heavy (non-hydrogen) atoms. The van der Waals surface area contributed by atoms with E-state index in [1.54, 1.807) is 0 Å². The van der Waals surface area contributed by atoms with Crippen LogP contribution in [0.2, 0.25) is 0 Å². The van der Waals surface area contributed by atoms with Crippen LogP contribution in [0.25, 0.3) is 0 Å². The molecule has 1 aliphatic rings. The Morgan fingerprint density at radius 1 is 1.50 bits per heavy atom. The van der Waals surface area contributed by atoms with Crippen molar-refractivity contribution in [1.29, 1.82) is 0 Å². The zero-order valence-corrected chi connectivity index (χ0v) is 11.5. The summed E-state index contributed by atoms with van der Waals surface area (Å²) >= 11 is 0. The van der Waals surface area contributed by atoms with Gasteiger partial charge in [-0.05, 0) is 38.5 Å². The van der Waals surface area contributed by atoms with E-state index in [2.05, 4.69) is 6.08 Å². The maximum Gasteiger partial charge on any atom is 0.306 e. The van der Waals surface area contributed by atoms with Crippen LogP contribution in [-0.2, 0) is 14.3 Å². The lowest BCUT2D eigenvalue weighted by Crippen LogP contribution is -2.19. The third-order valence-corrected chi connectivity index (χ3v) is 3.52. The molecule has 0 radical (unpaired) electrons. The summed E-state index contributed by atoms with van der Waals surface area (Å²) in [6.45, 7) is 4.45. The molecular weight excluding hydrogens is 228 g/mol. The van der Waals surface area contributed by atoms with Gasteiger partial charge >= 0.3 is 5.97 Å². The number of carbonyl (C=O) groups is 2. The van der Waals surface area contributed by atoms with Crippen molar-refractivity contribution in [3.63, 3.8) is 0 Å². The van der Waals surface area contributed by atoms with Crippen molar-refractivity contribution in [2.24, 2.45) is 11.8 Å². The van der Waals surface area contributed by atoms with E-state index >= 15 is 0 Å². The zero-order chi connectivity index (χ0) is 13.4. The van der Waals surface area contributed by atoms with Crippen LogP contribution in [0.15, 0.2) is 12.2 Å². The molecule has 0 heterocycles. The Kier molecular flexibility index (Phi) is 6.69. The number of esters is 1. The lowest BCUT2D eigenvalue weighted by atomic mass is 9.88. The molecule has 0 aromatic rings. The first-order valence-electron chi connectivity index (χ1n) is 6.98. The van der Waals surface area contributed by atoms with Crippen molar-refractivity contribution in [1.82, 2.24) is 0 Å². The van der Waals surface area contributed by atoms with Gasteiger partial charge in [0.1, 0.15) is 5.78 Å². The third-order valence-electron chi connectivity index (χ3n) is 3.52. The molecule has 2 unspecified atom stereocenters. The summed E-state index contributed by atoms with van der Waals surface area (Å²) in [6, 6.07) is 0. The quantitative estimate of drug-likeness (QED) is 0.516. The van der Waals surface area contributed by atoms with E-state index in [-0.39, 0.29) is 17.8 Å². The van der Waals surface area contributed by atoms with E-state index in [1.165, 1.54) is 0 Å². The highest BCUT2D eigenvalue weighted by Crippen LogP contribution is 2.34. The molecule has 1 saturated carbocycles. The molecule has 0 spiro atoms. The van der Waals surface area contributed by atoms with E-state index in [9.17, 15) is 9.59 Å². The molecule has 0 aliphatic heterocycles. The Morgan fingerprint density at radius 2 is 2.28 bits per heavy atom. The Balaban J connectivity index is 2.42. The monoisotopic (exact) mass is 252 g/mol. The minimum atomic E-state index is -0.146. The fraction of sp³-hybridized carbons (Fsp3) is 0.733. The summed E-state index contributed by atoms with van der Waals surface area (Å²) in [5, 5.41) is 0. The lowest BCUT2D eigenvalue weighted by molar-refractivity contribution is -0.145. The summed E-state index contributed by atoms with van der Waals surface area (Å²) in [5.74, 6) is 0.447. The molecule has 1 aliphatic carbocycles. The number of ketones is 1. The predicted octanol–water partition coefficient (Wildman–Crippen LogP) is 3.28. The fourth-order valence-electron chi connectivity index (χ4n) is 2.55. The summed E-state index contributed by atoms with van der Waals surface area (Å²) in [7, 11) is 0. The van der Waals surface area contributed by atoms with Gasteiger partial charge < -0.3 is 4.74 Å². The summed E-state index contributed by atoms with van der Waals surface area (Å²) in [5.41, 5.74) is 0. The first kappa shape index (κ1) is 14.9. The summed E-state index contributed by atoms with van der Waals surface area (Å²) in [4.78, 5) is 23.4. The molecule has 0 aromatic carbocycles. The molecule has 1 fully saturated rings. The van der Waals surface area contributed by atoms with Gasteiger partial charge in [0.25, 0.3) is 0 Å². The van der Waals surface area contributed by atoms with Crippen molar-refractivity contribution in [2.75, 3.05) is 6.61 Å². The first-order chi connectivity index (χ1) is 8.69. The van der Waals surface area contributed by atoms with Crippen LogP contribution >= 0.6 is 0 Å². The molecule has 0 saturated heterocycles. The second kappa shape index (κ2) is 8.06. The molecule has 3 nitrogen and oxygen atoms in total. The molecular formula is C15H24O3. The number of hydrogen-bond acceptors (Lipinski definition) is 3. The van der Waals surface area contributed by atoms with Gasteiger partial charge in [-0.15, -0.1) is 0 Å². The first-order valence-corrected chi connectivity index (χ1v) is 6.98. The van der Waals surface area contributed by atoms with Gasteiger partial charge in [-0.2, -0.15) is 0 Å². The molecule has 0 N–H and O–H groups in total. The predicted molar refractivity (Wildman–Crippen MR) is 71.1 cm³/mol. The number of rotatable bonds is 7. The van der Waals surface area contributed by atoms with E-state index < -0.39 is 0 Å². The molecule has 0 bridgehead atoms. The second-order valence-electron chi connectivity index (χ2n) is 4.94. The summed E-state index contributed by atoms with van der Waals surface area (Å²) < 4.78 is 5.10. The molecule has 1 rings (SSSR count). The van der Waals surface area contributed by atoms with Gasteiger partial charge in [-0.3, -0.25) is 9.59 Å². The van der Waals surface area contributed by atoms with Gasteiger partial charge in [0.2, 0.25) is 0 Å². The van der Waals surface area contributed by atoms with Crippen LogP contribution in [-0.4, -0.2) is 18.4 Å². The largest absolute Gasteiger partial charge is 0.466 e. The van der Waals surface area contributed by atoms with Gasteiger partial charge in [0.15, 0.2) is 0 Å². The fourth-order valence-corrected chi connectivity index (χ4v) is 2.55. The van der Waals surface area contributed by atoms with Crippen LogP contribution in [0.3, 0.4) is 0 Å². The highest BCUT2D eigenvalue weighted by atomic mass is 16.5. The Hall–Kier alpha value is -1.12. The average Bonchev–Trinajstić information content (AvgIpc) is 2.69. The van der Waals surface area contributed by atoms with Crippen molar-refractivity contribution < 1.29 is 14.3 Å². The van der Waals surface area contributed by atoms with Crippen molar-refractivity contribution in [2.45, 2.75) is 52.4 Å². The highest BCUT2D eigenvalue weighted by Gasteiger charge is 2.35. The zero-order valence-electron chi connectivity index (χ0n) is 11.5. The van der Waals surface area contributed by atoms with Gasteiger partial charge in [-0.1, -0.05) is 19.1 Å². The SMILES string of the molecule is CC=CCCC1C(=O)CCC1CC(=O)OCCC. The molecule has 102 valence electrons. The van der Waals surface area contributed by atoms with Crippen molar-refractivity contribution in [3.8, 4) is 0 Å². The van der Waals surface area contributed by atoms with Gasteiger partial charge in [0, 0.05) is 18.8 Å². The Labute approximate surface area is 110 Å². The molecule has 0 aromatic heterocycles. The van der Waals surface area contributed by atoms with E-state index in [0.29, 0.717) is 25.2 Å². The summed E-state index contributed by atoms with van der Waals surface area (Å²) in [6.07, 6.45) is 8.61. The number of carbonyl (C=O) groups excluding carboxylic acids is 2. The lowest BCUT2D eigenvalue weighted by Gasteiger charge is -2.16. The third kappa shape index (κ3) is 4.63. The van der Waals surface area contributed by atoms with Gasteiger partial charge in [-0.25, -0.2) is 0 Å². The van der Waals surface area contributed by atoms with Gasteiger partial charge in [0.05, 0.1) is 6.61 Å². The van der Waals surface area contributed by atoms with Crippen LogP contribution < -0.4 is 0 Å². The van der Waals surface area contributed by atoms with Crippen molar-refractivity contribution in [3.05, 3.63) is 12.2 Å². The number of allylic oxidation sites excluding steroid dienone is 2. The standard InChI is InChI=1S/C15H24O3/c1-3-5-6-7-13-12(8-9-14(13)16)11-15(17)18-10-4-2/h3,5,12-13H,4,6-11H2,1-2H3. The number of hydrogen-bond donors (Lipinski definition) is 0. The maximum atomic E-state index is 11.8. The van der Waals surface area contributed by atoms with Crippen molar-refractivity contribution >= 4 is 11.8 Å². The van der Waals surface area contributed by atoms with Crippen LogP contribution in [0.1, 0.15) is 52.4 Å². The number of ether oxygens (including phenoxy) is 1. The normalized spacial score (nSPS) is 23.8. The van der Waals surface area contributed by atoms with E-state index in [1.807, 2.05) is 19.9 Å². The minimum Gasteiger partial charge on any atom is -0.466 e. The highest BCUT2D eigenvalue weighted by molar-refractivity contribution is 5.84. The van der Waals surface area contributed by atoms with Crippen LogP contribution in [0.5, 0.6) is 0 Å². The minimum absolute atomic E-state index is 0.0652. The van der Waals surface area contributed by atoms with Crippen LogP contribution in [0.4, 0.5) is 0 Å². The molecule has 2 atom stereocenters. The average molecular weight is 252 g/mol. The molecule has 3 heteroatoms. The topological polar surface area (TPSA) is 43.4 Å².